The van der Waals surface area contributed by atoms with Crippen molar-refractivity contribution in [1.82, 2.24) is 0 Å². The summed E-state index contributed by atoms with van der Waals surface area (Å²) in [6, 6.07) is 10.4. The van der Waals surface area contributed by atoms with Gasteiger partial charge in [0.15, 0.2) is 0 Å². The number of carbonyl (C=O) groups is 2. The van der Waals surface area contributed by atoms with Gasteiger partial charge < -0.3 is 10.2 Å². The molecule has 1 aliphatic heterocycles. The predicted molar refractivity (Wildman–Crippen MR) is 92.0 cm³/mol. The fourth-order valence-corrected chi connectivity index (χ4v) is 3.23. The third-order valence-corrected chi connectivity index (χ3v) is 4.43. The van der Waals surface area contributed by atoms with Crippen molar-refractivity contribution in [3.05, 3.63) is 58.3 Å². The maximum absolute atomic E-state index is 12.9. The first-order chi connectivity index (χ1) is 11.5. The van der Waals surface area contributed by atoms with Crippen LogP contribution in [0.15, 0.2) is 42.5 Å². The van der Waals surface area contributed by atoms with Gasteiger partial charge in [-0.3, -0.25) is 9.59 Å². The van der Waals surface area contributed by atoms with Crippen LogP contribution < -0.4 is 10.2 Å². The quantitative estimate of drug-likeness (QED) is 0.887. The van der Waals surface area contributed by atoms with Crippen LogP contribution in [0.4, 0.5) is 15.8 Å². The minimum absolute atomic E-state index is 0.0641. The Hall–Kier alpha value is -2.11. The number of nitrogens with zero attached hydrogens (tertiary/aromatic N) is 1. The lowest BCUT2D eigenvalue weighted by molar-refractivity contribution is -0.122. The summed E-state index contributed by atoms with van der Waals surface area (Å²) in [5.41, 5.74) is 0.894. The van der Waals surface area contributed by atoms with Crippen LogP contribution in [0.3, 0.4) is 0 Å². The van der Waals surface area contributed by atoms with Gasteiger partial charge >= 0.3 is 0 Å². The van der Waals surface area contributed by atoms with E-state index in [0.29, 0.717) is 21.4 Å². The highest BCUT2D eigenvalue weighted by atomic mass is 35.5. The van der Waals surface area contributed by atoms with Crippen LogP contribution >= 0.6 is 23.2 Å². The molecule has 0 aliphatic carbocycles. The summed E-state index contributed by atoms with van der Waals surface area (Å²) < 4.78 is 12.9. The molecule has 0 spiro atoms. The zero-order valence-electron chi connectivity index (χ0n) is 12.4. The highest BCUT2D eigenvalue weighted by molar-refractivity contribution is 6.40. The lowest BCUT2D eigenvalue weighted by Gasteiger charge is -2.19. The number of carbonyl (C=O) groups excluding carboxylic acids is 2. The Morgan fingerprint density at radius 3 is 2.38 bits per heavy atom. The first kappa shape index (κ1) is 16.7. The summed E-state index contributed by atoms with van der Waals surface area (Å²) in [5, 5.41) is 3.40. The van der Waals surface area contributed by atoms with Crippen molar-refractivity contribution in [2.45, 2.75) is 6.42 Å². The molecule has 24 heavy (non-hydrogen) atoms. The third kappa shape index (κ3) is 3.37. The molecule has 7 heteroatoms. The lowest BCUT2D eigenvalue weighted by Crippen LogP contribution is -2.28. The molecule has 1 atom stereocenters. The molecule has 1 aliphatic rings. The van der Waals surface area contributed by atoms with Crippen molar-refractivity contribution in [3.8, 4) is 0 Å². The molecule has 0 bridgehead atoms. The van der Waals surface area contributed by atoms with E-state index < -0.39 is 5.92 Å². The minimum Gasteiger partial charge on any atom is -0.326 e. The van der Waals surface area contributed by atoms with Gasteiger partial charge in [-0.05, 0) is 36.4 Å². The highest BCUT2D eigenvalue weighted by Crippen LogP contribution is 2.37. The number of hydrogen-bond donors (Lipinski definition) is 1. The van der Waals surface area contributed by atoms with Gasteiger partial charge in [0.1, 0.15) is 5.82 Å². The van der Waals surface area contributed by atoms with Crippen LogP contribution in [-0.4, -0.2) is 18.4 Å². The molecule has 1 N–H and O–H groups in total. The van der Waals surface area contributed by atoms with Crippen molar-refractivity contribution in [3.63, 3.8) is 0 Å². The topological polar surface area (TPSA) is 49.4 Å². The Balaban J connectivity index is 1.74. The van der Waals surface area contributed by atoms with E-state index in [9.17, 15) is 14.0 Å². The summed E-state index contributed by atoms with van der Waals surface area (Å²) in [6.45, 7) is 0.190. The lowest BCUT2D eigenvalue weighted by atomic mass is 10.1. The van der Waals surface area contributed by atoms with Gasteiger partial charge in [0.05, 0.1) is 21.7 Å². The number of benzene rings is 2. The Morgan fingerprint density at radius 2 is 1.75 bits per heavy atom. The molecule has 0 radical (unpaired) electrons. The fourth-order valence-electron chi connectivity index (χ4n) is 2.62. The van der Waals surface area contributed by atoms with E-state index in [1.54, 1.807) is 18.2 Å². The van der Waals surface area contributed by atoms with Gasteiger partial charge in [0.25, 0.3) is 0 Å². The van der Waals surface area contributed by atoms with Gasteiger partial charge in [-0.1, -0.05) is 29.3 Å². The largest absolute Gasteiger partial charge is 0.326 e. The molecule has 2 aromatic rings. The maximum atomic E-state index is 12.9. The molecule has 0 saturated carbocycles. The van der Waals surface area contributed by atoms with E-state index in [2.05, 4.69) is 5.32 Å². The number of para-hydroxylation sites is 1. The second-order valence-corrected chi connectivity index (χ2v) is 6.29. The molecule has 1 saturated heterocycles. The zero-order chi connectivity index (χ0) is 17.3. The number of halogens is 3. The fraction of sp³-hybridized carbons (Fsp3) is 0.176. The average Bonchev–Trinajstić information content (AvgIpc) is 2.91. The third-order valence-electron chi connectivity index (χ3n) is 3.82. The van der Waals surface area contributed by atoms with E-state index in [-0.39, 0.29) is 30.6 Å². The molecule has 4 nitrogen and oxygen atoms in total. The number of hydrogen-bond acceptors (Lipinski definition) is 2. The van der Waals surface area contributed by atoms with Gasteiger partial charge in [-0.15, -0.1) is 0 Å². The van der Waals surface area contributed by atoms with E-state index in [4.69, 9.17) is 23.2 Å². The molecule has 2 amide bonds. The standard InChI is InChI=1S/C17H13Cl2FN2O2/c18-13-2-1-3-14(19)16(13)22-9-10(8-15(22)23)17(24)21-12-6-4-11(20)5-7-12/h1-7,10H,8-9H2,(H,21,24). The number of nitrogens with one attached hydrogen (secondary N) is 1. The minimum atomic E-state index is -0.533. The second-order valence-electron chi connectivity index (χ2n) is 5.47. The SMILES string of the molecule is O=C(Nc1ccc(F)cc1)C1CC(=O)N(c2c(Cl)cccc2Cl)C1. The second kappa shape index (κ2) is 6.79. The van der Waals surface area contributed by atoms with Crippen LogP contribution in [0.5, 0.6) is 0 Å². The van der Waals surface area contributed by atoms with Crippen LogP contribution in [0.1, 0.15) is 6.42 Å². The van der Waals surface area contributed by atoms with E-state index >= 15 is 0 Å². The zero-order valence-corrected chi connectivity index (χ0v) is 13.9. The van der Waals surface area contributed by atoms with E-state index in [0.717, 1.165) is 0 Å². The molecule has 3 rings (SSSR count). The van der Waals surface area contributed by atoms with Gasteiger partial charge in [0.2, 0.25) is 11.8 Å². The molecular weight excluding hydrogens is 354 g/mol. The molecule has 124 valence electrons. The van der Waals surface area contributed by atoms with Gasteiger partial charge in [-0.25, -0.2) is 4.39 Å². The first-order valence-electron chi connectivity index (χ1n) is 7.26. The number of amides is 2. The Labute approximate surface area is 148 Å². The normalized spacial score (nSPS) is 17.2. The van der Waals surface area contributed by atoms with Crippen molar-refractivity contribution < 1.29 is 14.0 Å². The van der Waals surface area contributed by atoms with Crippen molar-refractivity contribution >= 4 is 46.4 Å². The summed E-state index contributed by atoms with van der Waals surface area (Å²) >= 11 is 12.3. The molecule has 1 fully saturated rings. The summed E-state index contributed by atoms with van der Waals surface area (Å²) in [4.78, 5) is 26.0. The van der Waals surface area contributed by atoms with E-state index in [1.165, 1.54) is 29.2 Å². The van der Waals surface area contributed by atoms with Gasteiger partial charge in [0, 0.05) is 18.7 Å². The highest BCUT2D eigenvalue weighted by Gasteiger charge is 2.36. The van der Waals surface area contributed by atoms with E-state index in [1.807, 2.05) is 0 Å². The predicted octanol–water partition coefficient (Wildman–Crippen LogP) is 4.12. The number of rotatable bonds is 3. The first-order valence-corrected chi connectivity index (χ1v) is 8.02. The molecule has 1 unspecified atom stereocenters. The van der Waals surface area contributed by atoms with Gasteiger partial charge in [-0.2, -0.15) is 0 Å². The average molecular weight is 367 g/mol. The molecular formula is C17H13Cl2FN2O2. The van der Waals surface area contributed by atoms with Crippen molar-refractivity contribution in [2.75, 3.05) is 16.8 Å². The Morgan fingerprint density at radius 1 is 1.12 bits per heavy atom. The smallest absolute Gasteiger partial charge is 0.229 e. The summed E-state index contributed by atoms with van der Waals surface area (Å²) in [7, 11) is 0. The summed E-state index contributed by atoms with van der Waals surface area (Å²) in [6.07, 6.45) is 0.0641. The molecule has 0 aromatic heterocycles. The van der Waals surface area contributed by atoms with Crippen LogP contribution in [0.2, 0.25) is 10.0 Å². The van der Waals surface area contributed by atoms with Crippen LogP contribution in [0.25, 0.3) is 0 Å². The van der Waals surface area contributed by atoms with Crippen LogP contribution in [-0.2, 0) is 9.59 Å². The Bertz CT molecular complexity index is 775. The Kier molecular flexibility index (Phi) is 4.73. The van der Waals surface area contributed by atoms with Crippen molar-refractivity contribution in [2.24, 2.45) is 5.92 Å². The molecule has 2 aromatic carbocycles. The van der Waals surface area contributed by atoms with Crippen molar-refractivity contribution in [1.29, 1.82) is 0 Å². The monoisotopic (exact) mass is 366 g/mol. The van der Waals surface area contributed by atoms with Crippen LogP contribution in [0, 0.1) is 11.7 Å². The number of anilines is 2. The molecule has 1 heterocycles. The summed E-state index contributed by atoms with van der Waals surface area (Å²) in [5.74, 6) is -1.44. The maximum Gasteiger partial charge on any atom is 0.229 e.